The number of thioether (sulfide) groups is 1. The first-order valence-corrected chi connectivity index (χ1v) is 9.82. The van der Waals surface area contributed by atoms with E-state index in [0.29, 0.717) is 15.8 Å². The third-order valence-electron chi connectivity index (χ3n) is 3.62. The minimum Gasteiger partial charge on any atom is -0.289 e. The van der Waals surface area contributed by atoms with Crippen LogP contribution < -0.4 is 0 Å². The molecule has 0 aliphatic carbocycles. The molecule has 0 N–H and O–H groups in total. The predicted octanol–water partition coefficient (Wildman–Crippen LogP) is 5.53. The molecule has 0 unspecified atom stereocenters. The van der Waals surface area contributed by atoms with Crippen molar-refractivity contribution >= 4 is 52.0 Å². The Kier molecular flexibility index (Phi) is 5.78. The first-order valence-electron chi connectivity index (χ1n) is 7.77. The lowest BCUT2D eigenvalue weighted by Crippen LogP contribution is -2.27. The van der Waals surface area contributed by atoms with Crippen molar-refractivity contribution in [1.82, 2.24) is 4.90 Å². The largest absolute Gasteiger partial charge is 0.289 e. The Bertz CT molecular complexity index is 838. The molecular formula is C20H17NOS3. The lowest BCUT2D eigenvalue weighted by atomic mass is 10.2. The molecule has 0 spiro atoms. The summed E-state index contributed by atoms with van der Waals surface area (Å²) in [7, 11) is 0. The molecule has 25 heavy (non-hydrogen) atoms. The summed E-state index contributed by atoms with van der Waals surface area (Å²) < 4.78 is 0.586. The second-order valence-electron chi connectivity index (χ2n) is 5.57. The standard InChI is InChI=1S/C20H17NOS3/c1-3-12-21-19(22)18(25-20(21)23)13-15-6-10-17(11-7-15)24-16-8-4-14(2)5-9-16/h3-11,13H,1,12H2,2H3/b18-13-. The summed E-state index contributed by atoms with van der Waals surface area (Å²) in [5, 5.41) is 0. The van der Waals surface area contributed by atoms with Crippen molar-refractivity contribution in [3.05, 3.63) is 77.2 Å². The van der Waals surface area contributed by atoms with Crippen LogP contribution in [0, 0.1) is 6.92 Å². The Morgan fingerprint density at radius 2 is 1.72 bits per heavy atom. The summed E-state index contributed by atoms with van der Waals surface area (Å²) in [6.45, 7) is 6.20. The highest BCUT2D eigenvalue weighted by Gasteiger charge is 2.30. The SMILES string of the molecule is C=CCN1C(=O)/C(=C/c2ccc(Sc3ccc(C)cc3)cc2)SC1=S. The number of nitrogens with zero attached hydrogens (tertiary/aromatic N) is 1. The fourth-order valence-corrected chi connectivity index (χ4v) is 4.40. The van der Waals surface area contributed by atoms with Gasteiger partial charge in [0.25, 0.3) is 5.91 Å². The molecule has 1 aliphatic heterocycles. The van der Waals surface area contributed by atoms with Crippen LogP contribution in [0.25, 0.3) is 6.08 Å². The lowest BCUT2D eigenvalue weighted by Gasteiger charge is -2.10. The maximum absolute atomic E-state index is 12.3. The van der Waals surface area contributed by atoms with Gasteiger partial charge >= 0.3 is 0 Å². The number of hydrogen-bond acceptors (Lipinski definition) is 4. The summed E-state index contributed by atoms with van der Waals surface area (Å²) in [5.74, 6) is -0.0481. The number of thiocarbonyl (C=S) groups is 1. The van der Waals surface area contributed by atoms with Gasteiger partial charge in [-0.1, -0.05) is 71.6 Å². The summed E-state index contributed by atoms with van der Waals surface area (Å²) in [5.41, 5.74) is 2.25. The zero-order valence-electron chi connectivity index (χ0n) is 13.8. The van der Waals surface area contributed by atoms with Gasteiger partial charge in [0.2, 0.25) is 0 Å². The number of aryl methyl sites for hydroxylation is 1. The van der Waals surface area contributed by atoms with Crippen molar-refractivity contribution in [2.75, 3.05) is 6.54 Å². The van der Waals surface area contributed by atoms with E-state index in [9.17, 15) is 4.79 Å². The van der Waals surface area contributed by atoms with Gasteiger partial charge in [-0.2, -0.15) is 0 Å². The van der Waals surface area contributed by atoms with Crippen LogP contribution in [0.2, 0.25) is 0 Å². The van der Waals surface area contributed by atoms with E-state index in [4.69, 9.17) is 12.2 Å². The van der Waals surface area contributed by atoms with E-state index < -0.39 is 0 Å². The van der Waals surface area contributed by atoms with Crippen molar-refractivity contribution in [2.45, 2.75) is 16.7 Å². The first kappa shape index (κ1) is 18.0. The Balaban J connectivity index is 1.72. The van der Waals surface area contributed by atoms with Gasteiger partial charge in [0.15, 0.2) is 0 Å². The molecule has 2 nitrogen and oxygen atoms in total. The van der Waals surface area contributed by atoms with E-state index in [2.05, 4.69) is 49.9 Å². The van der Waals surface area contributed by atoms with Crippen molar-refractivity contribution in [1.29, 1.82) is 0 Å². The highest BCUT2D eigenvalue weighted by Crippen LogP contribution is 2.33. The van der Waals surface area contributed by atoms with E-state index >= 15 is 0 Å². The molecule has 2 aromatic rings. The minimum atomic E-state index is -0.0481. The van der Waals surface area contributed by atoms with Crippen LogP contribution in [0.4, 0.5) is 0 Å². The fourth-order valence-electron chi connectivity index (χ4n) is 2.31. The number of amides is 1. The minimum absolute atomic E-state index is 0.0481. The van der Waals surface area contributed by atoms with Gasteiger partial charge in [0.1, 0.15) is 4.32 Å². The third-order valence-corrected chi connectivity index (χ3v) is 6.01. The number of rotatable bonds is 5. The predicted molar refractivity (Wildman–Crippen MR) is 112 cm³/mol. The highest BCUT2D eigenvalue weighted by molar-refractivity contribution is 8.26. The van der Waals surface area contributed by atoms with Gasteiger partial charge < -0.3 is 0 Å². The molecular weight excluding hydrogens is 366 g/mol. The van der Waals surface area contributed by atoms with Crippen LogP contribution in [0.5, 0.6) is 0 Å². The average molecular weight is 384 g/mol. The van der Waals surface area contributed by atoms with E-state index in [1.165, 1.54) is 27.1 Å². The third kappa shape index (κ3) is 4.42. The van der Waals surface area contributed by atoms with Gasteiger partial charge in [0.05, 0.1) is 4.91 Å². The zero-order valence-corrected chi connectivity index (χ0v) is 16.2. The van der Waals surface area contributed by atoms with Crippen LogP contribution in [0.1, 0.15) is 11.1 Å². The van der Waals surface area contributed by atoms with Crippen molar-refractivity contribution in [3.8, 4) is 0 Å². The van der Waals surface area contributed by atoms with E-state index in [1.54, 1.807) is 22.7 Å². The molecule has 1 amide bonds. The molecule has 0 radical (unpaired) electrons. The molecule has 1 heterocycles. The van der Waals surface area contributed by atoms with Gasteiger partial charge in [0, 0.05) is 16.3 Å². The van der Waals surface area contributed by atoms with Crippen LogP contribution in [-0.4, -0.2) is 21.7 Å². The maximum Gasteiger partial charge on any atom is 0.266 e. The molecule has 0 aromatic heterocycles. The lowest BCUT2D eigenvalue weighted by molar-refractivity contribution is -0.121. The average Bonchev–Trinajstić information content (AvgIpc) is 2.86. The van der Waals surface area contributed by atoms with Crippen LogP contribution in [0.3, 0.4) is 0 Å². The Morgan fingerprint density at radius 3 is 2.32 bits per heavy atom. The molecule has 2 aromatic carbocycles. The monoisotopic (exact) mass is 383 g/mol. The summed E-state index contributed by atoms with van der Waals surface area (Å²) in [6, 6.07) is 16.7. The van der Waals surface area contributed by atoms with Crippen molar-refractivity contribution in [2.24, 2.45) is 0 Å². The second kappa shape index (κ2) is 8.04. The highest BCUT2D eigenvalue weighted by atomic mass is 32.2. The Labute approximate surface area is 162 Å². The quantitative estimate of drug-likeness (QED) is 0.384. The van der Waals surface area contributed by atoms with Gasteiger partial charge in [-0.15, -0.1) is 6.58 Å². The molecule has 1 saturated heterocycles. The topological polar surface area (TPSA) is 20.3 Å². The summed E-state index contributed by atoms with van der Waals surface area (Å²) in [4.78, 5) is 16.9. The van der Waals surface area contributed by atoms with Crippen LogP contribution in [-0.2, 0) is 4.79 Å². The maximum atomic E-state index is 12.3. The van der Waals surface area contributed by atoms with Crippen molar-refractivity contribution in [3.63, 3.8) is 0 Å². The molecule has 0 saturated carbocycles. The first-order chi connectivity index (χ1) is 12.1. The second-order valence-corrected chi connectivity index (χ2v) is 8.39. The number of carbonyl (C=O) groups is 1. The molecule has 126 valence electrons. The van der Waals surface area contributed by atoms with Gasteiger partial charge in [-0.05, 0) is 42.8 Å². The fraction of sp³-hybridized carbons (Fsp3) is 0.100. The van der Waals surface area contributed by atoms with Crippen LogP contribution in [0.15, 0.2) is 75.9 Å². The van der Waals surface area contributed by atoms with Gasteiger partial charge in [-0.3, -0.25) is 9.69 Å². The van der Waals surface area contributed by atoms with Crippen molar-refractivity contribution < 1.29 is 4.79 Å². The van der Waals surface area contributed by atoms with Crippen LogP contribution >= 0.6 is 35.7 Å². The van der Waals surface area contributed by atoms with E-state index in [1.807, 2.05) is 18.2 Å². The molecule has 0 atom stereocenters. The Hall–Kier alpha value is -1.82. The Morgan fingerprint density at radius 1 is 1.12 bits per heavy atom. The number of carbonyl (C=O) groups excluding carboxylic acids is 1. The number of hydrogen-bond donors (Lipinski definition) is 0. The summed E-state index contributed by atoms with van der Waals surface area (Å²) >= 11 is 8.32. The van der Waals surface area contributed by atoms with E-state index in [0.717, 1.165) is 5.56 Å². The van der Waals surface area contributed by atoms with Gasteiger partial charge in [-0.25, -0.2) is 0 Å². The molecule has 1 aliphatic rings. The zero-order chi connectivity index (χ0) is 17.8. The summed E-state index contributed by atoms with van der Waals surface area (Å²) in [6.07, 6.45) is 3.58. The smallest absolute Gasteiger partial charge is 0.266 e. The molecule has 1 fully saturated rings. The number of benzene rings is 2. The van der Waals surface area contributed by atoms with E-state index in [-0.39, 0.29) is 5.91 Å². The normalized spacial score (nSPS) is 15.9. The molecule has 0 bridgehead atoms. The molecule has 3 rings (SSSR count). The molecule has 5 heteroatoms.